The van der Waals surface area contributed by atoms with Crippen LogP contribution >= 0.6 is 11.6 Å². The predicted molar refractivity (Wildman–Crippen MR) is 103 cm³/mol. The summed E-state index contributed by atoms with van der Waals surface area (Å²) in [6.07, 6.45) is 2.52. The number of methoxy groups -OCH3 is 1. The Hall–Kier alpha value is -2.24. The van der Waals surface area contributed by atoms with Crippen molar-refractivity contribution in [2.24, 2.45) is 0 Å². The Balaban J connectivity index is 1.67. The molecule has 2 aliphatic rings. The average molecular weight is 388 g/mol. The maximum atomic E-state index is 12.2. The van der Waals surface area contributed by atoms with Crippen LogP contribution in [0.3, 0.4) is 0 Å². The molecule has 0 aromatic heterocycles. The first-order chi connectivity index (χ1) is 13.1. The van der Waals surface area contributed by atoms with Gasteiger partial charge in [-0.05, 0) is 53.8 Å². The highest BCUT2D eigenvalue weighted by atomic mass is 35.5. The van der Waals surface area contributed by atoms with Crippen molar-refractivity contribution >= 4 is 17.5 Å². The fraction of sp³-hybridized carbons (Fsp3) is 0.381. The molecule has 2 heterocycles. The van der Waals surface area contributed by atoms with E-state index >= 15 is 0 Å². The number of rotatable bonds is 5. The Morgan fingerprint density at radius 1 is 1.22 bits per heavy atom. The zero-order valence-electron chi connectivity index (χ0n) is 15.2. The van der Waals surface area contributed by atoms with Gasteiger partial charge in [0.25, 0.3) is 0 Å². The van der Waals surface area contributed by atoms with Gasteiger partial charge in [0.1, 0.15) is 6.61 Å². The molecular formula is C21H22ClNO4. The van der Waals surface area contributed by atoms with Crippen LogP contribution in [0.5, 0.6) is 11.5 Å². The van der Waals surface area contributed by atoms with E-state index in [0.29, 0.717) is 29.5 Å². The van der Waals surface area contributed by atoms with Gasteiger partial charge < -0.3 is 19.5 Å². The first kappa shape index (κ1) is 18.1. The number of benzene rings is 2. The highest BCUT2D eigenvalue weighted by Crippen LogP contribution is 2.38. The summed E-state index contributed by atoms with van der Waals surface area (Å²) in [5.74, 6) is 1.29. The van der Waals surface area contributed by atoms with Crippen molar-refractivity contribution in [3.63, 3.8) is 0 Å². The van der Waals surface area contributed by atoms with E-state index in [2.05, 4.69) is 5.32 Å². The summed E-state index contributed by atoms with van der Waals surface area (Å²) in [4.78, 5) is 12.2. The highest BCUT2D eigenvalue weighted by Gasteiger charge is 2.28. The van der Waals surface area contributed by atoms with Crippen molar-refractivity contribution in [2.75, 3.05) is 20.3 Å². The molecule has 27 heavy (non-hydrogen) atoms. The van der Waals surface area contributed by atoms with E-state index in [0.717, 1.165) is 36.1 Å². The van der Waals surface area contributed by atoms with Gasteiger partial charge in [-0.15, -0.1) is 0 Å². The Bertz CT molecular complexity index is 831. The smallest absolute Gasteiger partial charge is 0.225 e. The normalized spacial score (nSPS) is 21.5. The second kappa shape index (κ2) is 7.79. The monoisotopic (exact) mass is 387 g/mol. The van der Waals surface area contributed by atoms with Crippen LogP contribution in [0.4, 0.5) is 0 Å². The maximum Gasteiger partial charge on any atom is 0.225 e. The van der Waals surface area contributed by atoms with Crippen molar-refractivity contribution in [1.29, 1.82) is 0 Å². The van der Waals surface area contributed by atoms with Crippen molar-refractivity contribution in [3.8, 4) is 11.5 Å². The van der Waals surface area contributed by atoms with Gasteiger partial charge in [0.15, 0.2) is 11.5 Å². The number of hydrogen-bond acceptors (Lipinski definition) is 4. The Morgan fingerprint density at radius 2 is 2.04 bits per heavy atom. The summed E-state index contributed by atoms with van der Waals surface area (Å²) in [7, 11) is 1.61. The fourth-order valence-corrected chi connectivity index (χ4v) is 3.78. The van der Waals surface area contributed by atoms with Crippen LogP contribution in [0.15, 0.2) is 36.4 Å². The van der Waals surface area contributed by atoms with E-state index in [9.17, 15) is 4.79 Å². The zero-order chi connectivity index (χ0) is 18.8. The lowest BCUT2D eigenvalue weighted by Crippen LogP contribution is -2.35. The molecule has 1 amide bonds. The van der Waals surface area contributed by atoms with Gasteiger partial charge in [-0.1, -0.05) is 23.7 Å². The quantitative estimate of drug-likeness (QED) is 0.850. The summed E-state index contributed by atoms with van der Waals surface area (Å²) in [5, 5.41) is 3.73. The molecule has 2 atom stereocenters. The highest BCUT2D eigenvalue weighted by molar-refractivity contribution is 6.30. The SMILES string of the molecule is COc1cc2c(cc1OCC1CCCO1)[C@H](c1ccc(Cl)cc1)NC(=O)C2. The zero-order valence-corrected chi connectivity index (χ0v) is 15.9. The molecule has 1 N–H and O–H groups in total. The first-order valence-corrected chi connectivity index (χ1v) is 9.52. The lowest BCUT2D eigenvalue weighted by molar-refractivity contribution is -0.121. The number of carbonyl (C=O) groups excluding carboxylic acids is 1. The molecule has 2 aromatic carbocycles. The topological polar surface area (TPSA) is 56.8 Å². The van der Waals surface area contributed by atoms with Gasteiger partial charge >= 0.3 is 0 Å². The minimum Gasteiger partial charge on any atom is -0.493 e. The van der Waals surface area contributed by atoms with Crippen LogP contribution in [0, 0.1) is 0 Å². The average Bonchev–Trinajstić information content (AvgIpc) is 3.19. The van der Waals surface area contributed by atoms with Gasteiger partial charge in [0.2, 0.25) is 5.91 Å². The molecule has 0 radical (unpaired) electrons. The number of nitrogens with one attached hydrogen (secondary N) is 1. The van der Waals surface area contributed by atoms with Crippen LogP contribution in [0.25, 0.3) is 0 Å². The minimum atomic E-state index is -0.241. The summed E-state index contributed by atoms with van der Waals surface area (Å²) in [5.41, 5.74) is 2.93. The molecule has 142 valence electrons. The van der Waals surface area contributed by atoms with Crippen molar-refractivity contribution in [1.82, 2.24) is 5.32 Å². The van der Waals surface area contributed by atoms with E-state index in [1.54, 1.807) is 7.11 Å². The van der Waals surface area contributed by atoms with Gasteiger partial charge in [0, 0.05) is 11.6 Å². The van der Waals surface area contributed by atoms with Crippen molar-refractivity contribution in [2.45, 2.75) is 31.4 Å². The molecule has 0 aliphatic carbocycles. The molecule has 1 unspecified atom stereocenters. The second-order valence-corrected chi connectivity index (χ2v) is 7.31. The van der Waals surface area contributed by atoms with E-state index in [-0.39, 0.29) is 18.1 Å². The number of carbonyl (C=O) groups is 1. The molecular weight excluding hydrogens is 366 g/mol. The molecule has 0 bridgehead atoms. The Labute approximate surface area is 163 Å². The minimum absolute atomic E-state index is 0.0162. The van der Waals surface area contributed by atoms with Crippen molar-refractivity contribution in [3.05, 3.63) is 58.1 Å². The van der Waals surface area contributed by atoms with E-state index in [4.69, 9.17) is 25.8 Å². The van der Waals surface area contributed by atoms with Crippen molar-refractivity contribution < 1.29 is 19.0 Å². The Kier molecular flexibility index (Phi) is 5.23. The summed E-state index contributed by atoms with van der Waals surface area (Å²) >= 11 is 6.01. The lowest BCUT2D eigenvalue weighted by atomic mass is 9.89. The van der Waals surface area contributed by atoms with Crippen LogP contribution in [0.2, 0.25) is 5.02 Å². The van der Waals surface area contributed by atoms with Crippen LogP contribution in [-0.2, 0) is 16.0 Å². The van der Waals surface area contributed by atoms with E-state index < -0.39 is 0 Å². The first-order valence-electron chi connectivity index (χ1n) is 9.14. The molecule has 6 heteroatoms. The van der Waals surface area contributed by atoms with Gasteiger partial charge in [-0.25, -0.2) is 0 Å². The second-order valence-electron chi connectivity index (χ2n) is 6.88. The number of halogens is 1. The van der Waals surface area contributed by atoms with Gasteiger partial charge in [0.05, 0.1) is 25.7 Å². The summed E-state index contributed by atoms with van der Waals surface area (Å²) in [6, 6.07) is 11.2. The molecule has 5 nitrogen and oxygen atoms in total. The predicted octanol–water partition coefficient (Wildman–Crippen LogP) is 3.67. The molecule has 2 aromatic rings. The van der Waals surface area contributed by atoms with Gasteiger partial charge in [-0.3, -0.25) is 4.79 Å². The standard InChI is InChI=1S/C21H22ClNO4/c1-25-18-9-14-10-20(24)23-21(13-4-6-15(22)7-5-13)17(14)11-19(18)27-12-16-3-2-8-26-16/h4-7,9,11,16,21H,2-3,8,10,12H2,1H3,(H,23,24)/t16?,21-/m0/s1. The third-order valence-corrected chi connectivity index (χ3v) is 5.30. The lowest BCUT2D eigenvalue weighted by Gasteiger charge is -2.28. The maximum absolute atomic E-state index is 12.2. The third-order valence-electron chi connectivity index (χ3n) is 5.04. The summed E-state index contributed by atoms with van der Waals surface area (Å²) in [6.45, 7) is 1.28. The summed E-state index contributed by atoms with van der Waals surface area (Å²) < 4.78 is 17.2. The van der Waals surface area contributed by atoms with Gasteiger partial charge in [-0.2, -0.15) is 0 Å². The van der Waals surface area contributed by atoms with E-state index in [1.165, 1.54) is 0 Å². The number of hydrogen-bond donors (Lipinski definition) is 1. The Morgan fingerprint density at radius 3 is 2.74 bits per heavy atom. The number of ether oxygens (including phenoxy) is 3. The van der Waals surface area contributed by atoms with Crippen LogP contribution in [-0.4, -0.2) is 32.3 Å². The van der Waals surface area contributed by atoms with E-state index in [1.807, 2.05) is 36.4 Å². The molecule has 1 fully saturated rings. The van der Waals surface area contributed by atoms with Crippen LogP contribution < -0.4 is 14.8 Å². The third kappa shape index (κ3) is 3.89. The largest absolute Gasteiger partial charge is 0.493 e. The number of fused-ring (bicyclic) bond motifs is 1. The molecule has 2 aliphatic heterocycles. The number of amides is 1. The fourth-order valence-electron chi connectivity index (χ4n) is 3.65. The molecule has 0 spiro atoms. The van der Waals surface area contributed by atoms with Crippen LogP contribution in [0.1, 0.15) is 35.6 Å². The molecule has 0 saturated carbocycles. The molecule has 1 saturated heterocycles. The molecule has 4 rings (SSSR count).